The molecule has 2 aromatic heterocycles. The zero-order valence-corrected chi connectivity index (χ0v) is 14.8. The first-order chi connectivity index (χ1) is 12.6. The molecule has 0 aliphatic carbocycles. The van der Waals surface area contributed by atoms with E-state index in [0.29, 0.717) is 12.4 Å². The van der Waals surface area contributed by atoms with Gasteiger partial charge in [-0.05, 0) is 54.4 Å². The Morgan fingerprint density at radius 1 is 1.08 bits per heavy atom. The number of nitrogens with two attached hydrogens (primary N) is 1. The summed E-state index contributed by atoms with van der Waals surface area (Å²) in [6.45, 7) is 4.30. The summed E-state index contributed by atoms with van der Waals surface area (Å²) in [5, 5.41) is 4.09. The van der Waals surface area contributed by atoms with Crippen LogP contribution in [-0.2, 0) is 11.4 Å². The van der Waals surface area contributed by atoms with Crippen molar-refractivity contribution in [2.45, 2.75) is 20.5 Å². The zero-order valence-electron chi connectivity index (χ0n) is 14.8. The van der Waals surface area contributed by atoms with Crippen molar-refractivity contribution in [3.05, 3.63) is 83.8 Å². The first kappa shape index (κ1) is 17.4. The Labute approximate surface area is 153 Å². The molecule has 0 fully saturated rings. The summed E-state index contributed by atoms with van der Waals surface area (Å²) < 4.78 is 0. The molecule has 0 amide bonds. The van der Waals surface area contributed by atoms with Gasteiger partial charge in [-0.1, -0.05) is 30.3 Å². The average Bonchev–Trinajstić information content (AvgIpc) is 2.63. The van der Waals surface area contributed by atoms with E-state index in [4.69, 9.17) is 10.6 Å². The van der Waals surface area contributed by atoms with E-state index in [1.165, 1.54) is 0 Å². The summed E-state index contributed by atoms with van der Waals surface area (Å²) in [6, 6.07) is 17.5. The van der Waals surface area contributed by atoms with Crippen LogP contribution in [0.4, 0.5) is 11.5 Å². The summed E-state index contributed by atoms with van der Waals surface area (Å²) in [4.78, 5) is 15.8. The van der Waals surface area contributed by atoms with Gasteiger partial charge in [-0.3, -0.25) is 9.88 Å². The fourth-order valence-corrected chi connectivity index (χ4v) is 2.60. The van der Waals surface area contributed by atoms with Gasteiger partial charge in [0.1, 0.15) is 12.4 Å². The molecule has 6 nitrogen and oxygen atoms in total. The molecule has 2 heterocycles. The van der Waals surface area contributed by atoms with Gasteiger partial charge in [0.25, 0.3) is 0 Å². The molecule has 3 aromatic rings. The first-order valence-corrected chi connectivity index (χ1v) is 8.28. The van der Waals surface area contributed by atoms with Gasteiger partial charge in [-0.25, -0.2) is 4.98 Å². The summed E-state index contributed by atoms with van der Waals surface area (Å²) in [7, 11) is 0. The predicted octanol–water partition coefficient (Wildman–Crippen LogP) is 3.68. The van der Waals surface area contributed by atoms with Gasteiger partial charge >= 0.3 is 0 Å². The quantitative estimate of drug-likeness (QED) is 0.433. The summed E-state index contributed by atoms with van der Waals surface area (Å²) >= 11 is 0. The van der Waals surface area contributed by atoms with Crippen LogP contribution in [0.15, 0.2) is 72.1 Å². The van der Waals surface area contributed by atoms with Crippen LogP contribution in [-0.4, -0.2) is 15.9 Å². The van der Waals surface area contributed by atoms with Crippen molar-refractivity contribution in [3.63, 3.8) is 0 Å². The van der Waals surface area contributed by atoms with Crippen molar-refractivity contribution < 1.29 is 4.84 Å². The molecule has 26 heavy (non-hydrogen) atoms. The lowest BCUT2D eigenvalue weighted by atomic mass is 10.2. The highest BCUT2D eigenvalue weighted by molar-refractivity contribution is 6.00. The first-order valence-electron chi connectivity index (χ1n) is 8.28. The highest BCUT2D eigenvalue weighted by Crippen LogP contribution is 2.24. The minimum atomic E-state index is 0.199. The van der Waals surface area contributed by atoms with Gasteiger partial charge in [0.15, 0.2) is 0 Å². The van der Waals surface area contributed by atoms with Crippen LogP contribution in [0.25, 0.3) is 0 Å². The molecule has 1 aromatic carbocycles. The molecule has 0 aliphatic heterocycles. The van der Waals surface area contributed by atoms with E-state index in [-0.39, 0.29) is 5.96 Å². The Kier molecular flexibility index (Phi) is 5.43. The molecule has 0 atom stereocenters. The Morgan fingerprint density at radius 2 is 1.81 bits per heavy atom. The third-order valence-electron chi connectivity index (χ3n) is 3.70. The number of aromatic nitrogens is 2. The minimum absolute atomic E-state index is 0.199. The lowest BCUT2D eigenvalue weighted by Crippen LogP contribution is -2.34. The Bertz CT molecular complexity index is 861. The lowest BCUT2D eigenvalue weighted by Gasteiger charge is -2.22. The monoisotopic (exact) mass is 347 g/mol. The van der Waals surface area contributed by atoms with E-state index < -0.39 is 0 Å². The second-order valence-corrected chi connectivity index (χ2v) is 5.89. The number of anilines is 2. The van der Waals surface area contributed by atoms with Gasteiger partial charge in [-0.2, -0.15) is 0 Å². The zero-order chi connectivity index (χ0) is 18.4. The molecule has 2 N–H and O–H groups in total. The van der Waals surface area contributed by atoms with Crippen molar-refractivity contribution in [1.29, 1.82) is 0 Å². The number of hydrogen-bond acceptors (Lipinski definition) is 4. The molecule has 0 saturated heterocycles. The van der Waals surface area contributed by atoms with Crippen molar-refractivity contribution in [3.8, 4) is 0 Å². The predicted molar refractivity (Wildman–Crippen MR) is 103 cm³/mol. The number of aryl methyl sites for hydroxylation is 2. The Hall–Kier alpha value is -3.41. The fourth-order valence-electron chi connectivity index (χ4n) is 2.60. The molecule has 0 aliphatic rings. The van der Waals surface area contributed by atoms with Gasteiger partial charge in [0.2, 0.25) is 5.96 Å². The number of nitrogens with zero attached hydrogens (tertiary/aromatic N) is 4. The Balaban J connectivity index is 1.88. The number of benzene rings is 1. The number of oxime groups is 1. The third-order valence-corrected chi connectivity index (χ3v) is 3.70. The summed E-state index contributed by atoms with van der Waals surface area (Å²) in [5.74, 6) is 0.878. The van der Waals surface area contributed by atoms with E-state index in [1.807, 2.05) is 68.4 Å². The maximum absolute atomic E-state index is 6.24. The molecule has 0 saturated carbocycles. The standard InChI is InChI=1S/C20H21N5O/c1-15-12-16(2)23-19(13-15)25(18-8-10-22-11-9-18)20(21)24-26-14-17-6-4-3-5-7-17/h3-13H,14H2,1-2H3,(H2,21,24). The molecule has 132 valence electrons. The van der Waals surface area contributed by atoms with Gasteiger partial charge in [0, 0.05) is 18.1 Å². The largest absolute Gasteiger partial charge is 0.388 e. The smallest absolute Gasteiger partial charge is 0.243 e. The lowest BCUT2D eigenvalue weighted by molar-refractivity contribution is 0.130. The fraction of sp³-hybridized carbons (Fsp3) is 0.150. The maximum atomic E-state index is 6.24. The number of rotatable bonds is 5. The second kappa shape index (κ2) is 8.11. The van der Waals surface area contributed by atoms with Crippen molar-refractivity contribution >= 4 is 17.5 Å². The highest BCUT2D eigenvalue weighted by atomic mass is 16.6. The van der Waals surface area contributed by atoms with Crippen molar-refractivity contribution in [1.82, 2.24) is 9.97 Å². The molecule has 0 bridgehead atoms. The molecule has 0 unspecified atom stereocenters. The summed E-state index contributed by atoms with van der Waals surface area (Å²) in [5.41, 5.74) is 10.0. The molecular weight excluding hydrogens is 326 g/mol. The van der Waals surface area contributed by atoms with Crippen LogP contribution in [0.2, 0.25) is 0 Å². The Morgan fingerprint density at radius 3 is 2.50 bits per heavy atom. The van der Waals surface area contributed by atoms with E-state index in [1.54, 1.807) is 17.3 Å². The van der Waals surface area contributed by atoms with Gasteiger partial charge in [0.05, 0.1) is 5.69 Å². The van der Waals surface area contributed by atoms with E-state index in [0.717, 1.165) is 22.5 Å². The number of pyridine rings is 2. The van der Waals surface area contributed by atoms with Crippen LogP contribution in [0.1, 0.15) is 16.8 Å². The molecule has 0 spiro atoms. The van der Waals surface area contributed by atoms with Crippen LogP contribution in [0, 0.1) is 13.8 Å². The van der Waals surface area contributed by atoms with Crippen LogP contribution >= 0.6 is 0 Å². The third kappa shape index (κ3) is 4.36. The van der Waals surface area contributed by atoms with E-state index >= 15 is 0 Å². The van der Waals surface area contributed by atoms with Crippen LogP contribution in [0.5, 0.6) is 0 Å². The van der Waals surface area contributed by atoms with E-state index in [9.17, 15) is 0 Å². The molecule has 3 rings (SSSR count). The average molecular weight is 347 g/mol. The van der Waals surface area contributed by atoms with Gasteiger partial charge in [-0.15, -0.1) is 0 Å². The SMILES string of the molecule is Cc1cc(C)nc(N(C(N)=NOCc2ccccc2)c2ccncc2)c1. The number of hydrogen-bond donors (Lipinski definition) is 1. The van der Waals surface area contributed by atoms with Crippen molar-refractivity contribution in [2.24, 2.45) is 10.9 Å². The highest BCUT2D eigenvalue weighted by Gasteiger charge is 2.16. The van der Waals surface area contributed by atoms with Gasteiger partial charge < -0.3 is 10.6 Å². The van der Waals surface area contributed by atoms with Crippen LogP contribution < -0.4 is 10.6 Å². The summed E-state index contributed by atoms with van der Waals surface area (Å²) in [6.07, 6.45) is 3.40. The van der Waals surface area contributed by atoms with E-state index in [2.05, 4.69) is 15.1 Å². The normalized spacial score (nSPS) is 11.2. The van der Waals surface area contributed by atoms with Crippen LogP contribution in [0.3, 0.4) is 0 Å². The molecule has 0 radical (unpaired) electrons. The van der Waals surface area contributed by atoms with Crippen molar-refractivity contribution in [2.75, 3.05) is 4.90 Å². The maximum Gasteiger partial charge on any atom is 0.243 e. The molecular formula is C20H21N5O. The topological polar surface area (TPSA) is 76.6 Å². The molecule has 6 heteroatoms. The number of guanidine groups is 1. The minimum Gasteiger partial charge on any atom is -0.388 e. The second-order valence-electron chi connectivity index (χ2n) is 5.89.